The van der Waals surface area contributed by atoms with E-state index in [2.05, 4.69) is 57.6 Å². The van der Waals surface area contributed by atoms with Gasteiger partial charge < -0.3 is 10.6 Å². The van der Waals surface area contributed by atoms with Gasteiger partial charge in [-0.05, 0) is 44.0 Å². The molecule has 134 valence electrons. The van der Waals surface area contributed by atoms with Gasteiger partial charge >= 0.3 is 0 Å². The molecule has 0 radical (unpaired) electrons. The zero-order valence-electron chi connectivity index (χ0n) is 15.6. The monoisotopic (exact) mass is 355 g/mol. The number of benzene rings is 2. The molecule has 0 saturated heterocycles. The van der Waals surface area contributed by atoms with Crippen LogP contribution in [0.3, 0.4) is 0 Å². The third kappa shape index (κ3) is 3.58. The van der Waals surface area contributed by atoms with E-state index in [4.69, 9.17) is 0 Å². The maximum absolute atomic E-state index is 4.54. The lowest BCUT2D eigenvalue weighted by molar-refractivity contribution is 1.06. The molecular weight excluding hydrogens is 334 g/mol. The molecule has 27 heavy (non-hydrogen) atoms. The number of hydrogen-bond acceptors (Lipinski definition) is 5. The van der Waals surface area contributed by atoms with Crippen LogP contribution in [0.15, 0.2) is 60.8 Å². The van der Waals surface area contributed by atoms with Gasteiger partial charge in [0.05, 0.1) is 11.2 Å². The molecule has 0 atom stereocenters. The van der Waals surface area contributed by atoms with Crippen molar-refractivity contribution in [3.63, 3.8) is 0 Å². The summed E-state index contributed by atoms with van der Waals surface area (Å²) in [6.07, 6.45) is 1.80. The maximum Gasteiger partial charge on any atom is 0.136 e. The van der Waals surface area contributed by atoms with Gasteiger partial charge in [0.25, 0.3) is 0 Å². The summed E-state index contributed by atoms with van der Waals surface area (Å²) in [6.45, 7) is 6.07. The minimum Gasteiger partial charge on any atom is -0.340 e. The molecule has 0 amide bonds. The number of aryl methyl sites for hydroxylation is 3. The molecule has 5 nitrogen and oxygen atoms in total. The quantitative estimate of drug-likeness (QED) is 0.510. The molecule has 0 aliphatic heterocycles. The summed E-state index contributed by atoms with van der Waals surface area (Å²) >= 11 is 0. The Morgan fingerprint density at radius 3 is 2.19 bits per heavy atom. The number of nitrogens with zero attached hydrogens (tertiary/aromatic N) is 3. The predicted molar refractivity (Wildman–Crippen MR) is 111 cm³/mol. The molecule has 0 saturated carbocycles. The van der Waals surface area contributed by atoms with Gasteiger partial charge in [0, 0.05) is 23.3 Å². The molecule has 4 rings (SSSR count). The molecule has 2 aromatic carbocycles. The largest absolute Gasteiger partial charge is 0.340 e. The second-order valence-electron chi connectivity index (χ2n) is 6.58. The zero-order chi connectivity index (χ0) is 18.8. The fourth-order valence-corrected chi connectivity index (χ4v) is 3.18. The van der Waals surface area contributed by atoms with Crippen LogP contribution in [0.5, 0.6) is 0 Å². The Hall–Kier alpha value is -3.47. The first-order valence-corrected chi connectivity index (χ1v) is 8.90. The minimum atomic E-state index is 0.696. The van der Waals surface area contributed by atoms with Gasteiger partial charge in [-0.15, -0.1) is 0 Å². The number of nitrogens with one attached hydrogen (secondary N) is 2. The van der Waals surface area contributed by atoms with E-state index in [1.165, 1.54) is 11.1 Å². The van der Waals surface area contributed by atoms with Crippen molar-refractivity contribution in [2.75, 3.05) is 10.6 Å². The second kappa shape index (κ2) is 7.03. The fraction of sp³-hybridized carbons (Fsp3) is 0.136. The number of fused-ring (bicyclic) bond motifs is 1. The number of anilines is 4. The van der Waals surface area contributed by atoms with E-state index in [1.807, 2.05) is 43.3 Å². The lowest BCUT2D eigenvalue weighted by atomic mass is 10.1. The Kier molecular flexibility index (Phi) is 4.42. The van der Waals surface area contributed by atoms with Crippen LogP contribution in [0.2, 0.25) is 0 Å². The molecule has 0 fully saturated rings. The number of pyridine rings is 1. The van der Waals surface area contributed by atoms with Crippen molar-refractivity contribution in [3.05, 3.63) is 77.7 Å². The van der Waals surface area contributed by atoms with Crippen LogP contribution < -0.4 is 10.6 Å². The Morgan fingerprint density at radius 1 is 0.741 bits per heavy atom. The number of rotatable bonds is 4. The highest BCUT2D eigenvalue weighted by atomic mass is 15.1. The van der Waals surface area contributed by atoms with Crippen molar-refractivity contribution in [1.82, 2.24) is 15.0 Å². The standard InChI is InChI=1S/C22H21N5/c1-14-7-4-8-15(2)21(14)27-20-13-19(24-16(3)25-20)26-18-11-5-9-17-10-6-12-23-22(17)18/h4-13H,1-3H3,(H2,24,25,26,27). The topological polar surface area (TPSA) is 62.7 Å². The van der Waals surface area contributed by atoms with Gasteiger partial charge in [0.1, 0.15) is 17.5 Å². The van der Waals surface area contributed by atoms with Crippen LogP contribution in [-0.2, 0) is 0 Å². The van der Waals surface area contributed by atoms with Crippen molar-refractivity contribution in [3.8, 4) is 0 Å². The van der Waals surface area contributed by atoms with Gasteiger partial charge in [0.2, 0.25) is 0 Å². The smallest absolute Gasteiger partial charge is 0.136 e. The molecule has 2 N–H and O–H groups in total. The van der Waals surface area contributed by atoms with Gasteiger partial charge in [-0.1, -0.05) is 36.4 Å². The Bertz CT molecular complexity index is 1100. The first kappa shape index (κ1) is 17.0. The average Bonchev–Trinajstić information content (AvgIpc) is 2.65. The normalized spacial score (nSPS) is 10.8. The number of aromatic nitrogens is 3. The van der Waals surface area contributed by atoms with Crippen LogP contribution in [0.1, 0.15) is 17.0 Å². The lowest BCUT2D eigenvalue weighted by Gasteiger charge is -2.14. The van der Waals surface area contributed by atoms with E-state index in [1.54, 1.807) is 6.20 Å². The second-order valence-corrected chi connectivity index (χ2v) is 6.58. The van der Waals surface area contributed by atoms with E-state index in [-0.39, 0.29) is 0 Å². The van der Waals surface area contributed by atoms with Crippen LogP contribution in [0.4, 0.5) is 23.0 Å². The van der Waals surface area contributed by atoms with Gasteiger partial charge in [-0.2, -0.15) is 0 Å². The van der Waals surface area contributed by atoms with Crippen molar-refractivity contribution in [1.29, 1.82) is 0 Å². The molecule has 4 aromatic rings. The summed E-state index contributed by atoms with van der Waals surface area (Å²) in [5, 5.41) is 7.91. The van der Waals surface area contributed by atoms with E-state index in [0.29, 0.717) is 5.82 Å². The highest BCUT2D eigenvalue weighted by molar-refractivity contribution is 5.91. The molecular formula is C22H21N5. The average molecular weight is 355 g/mol. The Morgan fingerprint density at radius 2 is 1.41 bits per heavy atom. The first-order chi connectivity index (χ1) is 13.1. The molecule has 0 aliphatic carbocycles. The minimum absolute atomic E-state index is 0.696. The van der Waals surface area contributed by atoms with Gasteiger partial charge in [-0.3, -0.25) is 4.98 Å². The van der Waals surface area contributed by atoms with Crippen LogP contribution in [0.25, 0.3) is 10.9 Å². The molecule has 2 heterocycles. The summed E-state index contributed by atoms with van der Waals surface area (Å²) in [5.41, 5.74) is 5.27. The third-order valence-corrected chi connectivity index (χ3v) is 4.47. The number of hydrogen-bond donors (Lipinski definition) is 2. The molecule has 2 aromatic heterocycles. The Balaban J connectivity index is 1.68. The molecule has 5 heteroatoms. The van der Waals surface area contributed by atoms with Crippen LogP contribution in [-0.4, -0.2) is 15.0 Å². The summed E-state index contributed by atoms with van der Waals surface area (Å²) in [4.78, 5) is 13.6. The highest BCUT2D eigenvalue weighted by Gasteiger charge is 2.08. The van der Waals surface area contributed by atoms with Gasteiger partial charge in [-0.25, -0.2) is 9.97 Å². The van der Waals surface area contributed by atoms with E-state index < -0.39 is 0 Å². The third-order valence-electron chi connectivity index (χ3n) is 4.47. The summed E-state index contributed by atoms with van der Waals surface area (Å²) < 4.78 is 0. The number of para-hydroxylation sites is 2. The van der Waals surface area contributed by atoms with Crippen molar-refractivity contribution < 1.29 is 0 Å². The SMILES string of the molecule is Cc1nc(Nc2c(C)cccc2C)cc(Nc2cccc3cccnc23)n1. The molecule has 0 spiro atoms. The summed E-state index contributed by atoms with van der Waals surface area (Å²) in [5.74, 6) is 2.19. The van der Waals surface area contributed by atoms with Crippen molar-refractivity contribution >= 4 is 33.9 Å². The zero-order valence-corrected chi connectivity index (χ0v) is 15.6. The first-order valence-electron chi connectivity index (χ1n) is 8.90. The summed E-state index contributed by atoms with van der Waals surface area (Å²) in [6, 6.07) is 18.2. The fourth-order valence-electron chi connectivity index (χ4n) is 3.18. The van der Waals surface area contributed by atoms with E-state index >= 15 is 0 Å². The highest BCUT2D eigenvalue weighted by Crippen LogP contribution is 2.27. The summed E-state index contributed by atoms with van der Waals surface area (Å²) in [7, 11) is 0. The Labute approximate surface area is 158 Å². The van der Waals surface area contributed by atoms with Crippen molar-refractivity contribution in [2.45, 2.75) is 20.8 Å². The maximum atomic E-state index is 4.54. The molecule has 0 bridgehead atoms. The van der Waals surface area contributed by atoms with Crippen molar-refractivity contribution in [2.24, 2.45) is 0 Å². The lowest BCUT2D eigenvalue weighted by Crippen LogP contribution is -2.03. The van der Waals surface area contributed by atoms with Gasteiger partial charge in [0.15, 0.2) is 0 Å². The van der Waals surface area contributed by atoms with E-state index in [9.17, 15) is 0 Å². The van der Waals surface area contributed by atoms with E-state index in [0.717, 1.165) is 33.9 Å². The molecule has 0 unspecified atom stereocenters. The van der Waals surface area contributed by atoms with Crippen LogP contribution >= 0.6 is 0 Å². The van der Waals surface area contributed by atoms with Crippen LogP contribution in [0, 0.1) is 20.8 Å². The predicted octanol–water partition coefficient (Wildman–Crippen LogP) is 5.44. The molecule has 0 aliphatic rings.